The van der Waals surface area contributed by atoms with Gasteiger partial charge in [0, 0.05) is 6.42 Å². The molecule has 1 aliphatic rings. The Bertz CT molecular complexity index is 1120. The van der Waals surface area contributed by atoms with Gasteiger partial charge in [0.2, 0.25) is 5.51 Å². The second-order valence-electron chi connectivity index (χ2n) is 12.6. The first-order valence-corrected chi connectivity index (χ1v) is 20.0. The smallest absolute Gasteiger partial charge is 0.508 e. The van der Waals surface area contributed by atoms with Gasteiger partial charge < -0.3 is 18.8 Å². The van der Waals surface area contributed by atoms with Gasteiger partial charge in [0.25, 0.3) is 0 Å². The summed E-state index contributed by atoms with van der Waals surface area (Å²) in [5.41, 5.74) is 3.01. The minimum Gasteiger partial charge on any atom is -0.744 e. The van der Waals surface area contributed by atoms with E-state index in [9.17, 15) is 17.8 Å². The minimum atomic E-state index is -4.27. The molecule has 1 fully saturated rings. The van der Waals surface area contributed by atoms with Crippen LogP contribution >= 0.6 is 11.3 Å². The van der Waals surface area contributed by atoms with E-state index in [1.54, 1.807) is 23.5 Å². The van der Waals surface area contributed by atoms with Crippen LogP contribution in [0.2, 0.25) is 0 Å². The highest BCUT2D eigenvalue weighted by Crippen LogP contribution is 2.25. The molecule has 0 saturated carbocycles. The Morgan fingerprint density at radius 3 is 2.07 bits per heavy atom. The van der Waals surface area contributed by atoms with Crippen molar-refractivity contribution in [2.45, 2.75) is 147 Å². The van der Waals surface area contributed by atoms with E-state index in [0.29, 0.717) is 19.1 Å². The zero-order valence-corrected chi connectivity index (χ0v) is 30.0. The largest absolute Gasteiger partial charge is 0.744 e. The standard InChI is InChI=1S/C29H52NO4S.C7H8O3S/c1-2-3-4-5-6-7-8-9-10-11-12-13-14-15-18-27-23-28(33-24-27)25-34-29(31)32-21-17-16-19-30-20-22-35-26-30;1-6-2-4-7(5-3-6)11(8,9)10/h20,22,26-28H,2-19,21,23-25H2,1H3;2-5H,1H3,(H,8,9,10)/q+1;/p-1. The molecular formula is C36H59NO7S2. The molecule has 0 radical (unpaired) electrons. The molecule has 46 heavy (non-hydrogen) atoms. The number of thiazole rings is 1. The number of aryl methyl sites for hydroxylation is 2. The maximum atomic E-state index is 11.8. The lowest BCUT2D eigenvalue weighted by Crippen LogP contribution is -2.29. The van der Waals surface area contributed by atoms with Crippen LogP contribution in [0.25, 0.3) is 0 Å². The predicted molar refractivity (Wildman–Crippen MR) is 183 cm³/mol. The van der Waals surface area contributed by atoms with E-state index in [4.69, 9.17) is 14.2 Å². The zero-order chi connectivity index (χ0) is 33.3. The van der Waals surface area contributed by atoms with Crippen molar-refractivity contribution >= 4 is 27.6 Å². The van der Waals surface area contributed by atoms with Crippen LogP contribution in [0.1, 0.15) is 128 Å². The highest BCUT2D eigenvalue weighted by atomic mass is 32.2. The summed E-state index contributed by atoms with van der Waals surface area (Å²) in [4.78, 5) is 11.6. The Balaban J connectivity index is 0.000000562. The number of aromatic nitrogens is 1. The molecule has 2 atom stereocenters. The topological polar surface area (TPSA) is 106 Å². The van der Waals surface area contributed by atoms with E-state index in [2.05, 4.69) is 28.6 Å². The van der Waals surface area contributed by atoms with E-state index < -0.39 is 16.3 Å². The molecule has 0 amide bonds. The van der Waals surface area contributed by atoms with Gasteiger partial charge in [-0.05, 0) is 44.2 Å². The van der Waals surface area contributed by atoms with Crippen molar-refractivity contribution in [3.8, 4) is 0 Å². The van der Waals surface area contributed by atoms with Crippen LogP contribution in [0.5, 0.6) is 0 Å². The Morgan fingerprint density at radius 2 is 1.50 bits per heavy atom. The molecule has 3 rings (SSSR count). The van der Waals surface area contributed by atoms with Gasteiger partial charge in [-0.3, -0.25) is 0 Å². The summed E-state index contributed by atoms with van der Waals surface area (Å²) in [5.74, 6) is 0.617. The first-order chi connectivity index (χ1) is 22.3. The average molecular weight is 682 g/mol. The predicted octanol–water partition coefficient (Wildman–Crippen LogP) is 9.14. The first-order valence-electron chi connectivity index (χ1n) is 17.6. The van der Waals surface area contributed by atoms with Gasteiger partial charge in [-0.1, -0.05) is 126 Å². The fourth-order valence-corrected chi connectivity index (χ4v) is 6.67. The molecule has 0 spiro atoms. The van der Waals surface area contributed by atoms with Gasteiger partial charge >= 0.3 is 6.16 Å². The molecule has 2 heterocycles. The van der Waals surface area contributed by atoms with Gasteiger partial charge in [-0.15, -0.1) is 0 Å². The van der Waals surface area contributed by atoms with E-state index >= 15 is 0 Å². The summed E-state index contributed by atoms with van der Waals surface area (Å²) < 4.78 is 49.6. The molecule has 0 aliphatic carbocycles. The third-order valence-electron chi connectivity index (χ3n) is 8.38. The van der Waals surface area contributed by atoms with E-state index in [0.717, 1.165) is 38.0 Å². The maximum Gasteiger partial charge on any atom is 0.508 e. The third-order valence-corrected chi connectivity index (χ3v) is 9.91. The van der Waals surface area contributed by atoms with E-state index in [1.165, 1.54) is 108 Å². The van der Waals surface area contributed by atoms with Gasteiger partial charge in [0.05, 0.1) is 29.6 Å². The molecule has 2 unspecified atom stereocenters. The van der Waals surface area contributed by atoms with Crippen molar-refractivity contribution in [2.75, 3.05) is 19.8 Å². The Kier molecular flexibility index (Phi) is 21.9. The number of carbonyl (C=O) groups is 1. The quantitative estimate of drug-likeness (QED) is 0.0498. The van der Waals surface area contributed by atoms with E-state index in [1.807, 2.05) is 6.92 Å². The highest BCUT2D eigenvalue weighted by molar-refractivity contribution is 7.85. The first kappa shape index (κ1) is 40.2. The van der Waals surface area contributed by atoms with Gasteiger partial charge in [-0.25, -0.2) is 13.2 Å². The number of nitrogens with zero attached hydrogens (tertiary/aromatic N) is 1. The van der Waals surface area contributed by atoms with Crippen molar-refractivity contribution in [2.24, 2.45) is 5.92 Å². The van der Waals surface area contributed by atoms with Gasteiger partial charge in [0.15, 0.2) is 6.20 Å². The summed E-state index contributed by atoms with van der Waals surface area (Å²) in [6.45, 7) is 6.60. The molecule has 1 aliphatic heterocycles. The monoisotopic (exact) mass is 681 g/mol. The lowest BCUT2D eigenvalue weighted by atomic mass is 9.97. The number of hydrogen-bond donors (Lipinski definition) is 0. The molecule has 262 valence electrons. The second kappa shape index (κ2) is 25.1. The molecule has 1 aromatic carbocycles. The zero-order valence-electron chi connectivity index (χ0n) is 28.4. The van der Waals surface area contributed by atoms with Crippen molar-refractivity contribution in [1.82, 2.24) is 0 Å². The van der Waals surface area contributed by atoms with Crippen LogP contribution in [0.4, 0.5) is 4.79 Å². The van der Waals surface area contributed by atoms with Crippen LogP contribution in [0.3, 0.4) is 0 Å². The summed E-state index contributed by atoms with van der Waals surface area (Å²) in [5, 5.41) is 2.06. The summed E-state index contributed by atoms with van der Waals surface area (Å²) in [6, 6.07) is 5.78. The number of rotatable bonds is 23. The third kappa shape index (κ3) is 20.3. The molecule has 0 N–H and O–H groups in total. The Morgan fingerprint density at radius 1 is 0.891 bits per heavy atom. The van der Waals surface area contributed by atoms with Crippen molar-refractivity contribution in [1.29, 1.82) is 0 Å². The number of ether oxygens (including phenoxy) is 3. The summed E-state index contributed by atoms with van der Waals surface area (Å²) >= 11 is 1.68. The lowest BCUT2D eigenvalue weighted by Gasteiger charge is -2.11. The second-order valence-corrected chi connectivity index (χ2v) is 14.7. The summed E-state index contributed by atoms with van der Waals surface area (Å²) in [6.07, 6.45) is 25.2. The van der Waals surface area contributed by atoms with Crippen molar-refractivity contribution in [3.63, 3.8) is 0 Å². The Hall–Kier alpha value is -2.01. The van der Waals surface area contributed by atoms with Crippen LogP contribution in [-0.4, -0.2) is 45.1 Å². The van der Waals surface area contributed by atoms with Crippen molar-refractivity contribution < 1.29 is 36.5 Å². The number of benzene rings is 1. The summed E-state index contributed by atoms with van der Waals surface area (Å²) in [7, 11) is -4.27. The van der Waals surface area contributed by atoms with Crippen LogP contribution in [-0.2, 0) is 30.9 Å². The highest BCUT2D eigenvalue weighted by Gasteiger charge is 2.26. The van der Waals surface area contributed by atoms with Gasteiger partial charge in [0.1, 0.15) is 23.3 Å². The maximum absolute atomic E-state index is 11.8. The molecule has 0 bridgehead atoms. The van der Waals surface area contributed by atoms with Gasteiger partial charge in [-0.2, -0.15) is 4.57 Å². The molecular weight excluding hydrogens is 623 g/mol. The number of unbranched alkanes of at least 4 members (excludes halogenated alkanes) is 14. The molecule has 8 nitrogen and oxygen atoms in total. The Labute approximate surface area is 283 Å². The SMILES string of the molecule is CCCCCCCCCCCCCCCCC1COC(COC(=O)OCCCC[n+]2ccsc2)C1.Cc1ccc(S(=O)(=O)[O-])cc1. The lowest BCUT2D eigenvalue weighted by molar-refractivity contribution is -0.692. The van der Waals surface area contributed by atoms with E-state index in [-0.39, 0.29) is 11.0 Å². The fraction of sp³-hybridized carbons (Fsp3) is 0.722. The molecule has 1 aromatic heterocycles. The molecule has 2 aromatic rings. The van der Waals surface area contributed by atoms with Crippen LogP contribution in [0, 0.1) is 12.8 Å². The molecule has 1 saturated heterocycles. The number of hydrogen-bond acceptors (Lipinski definition) is 8. The van der Waals surface area contributed by atoms with Crippen LogP contribution < -0.4 is 4.57 Å². The van der Waals surface area contributed by atoms with Crippen LogP contribution in [0.15, 0.2) is 46.2 Å². The molecule has 10 heteroatoms. The normalized spacial score (nSPS) is 16.2. The number of carbonyl (C=O) groups excluding carboxylic acids is 1. The minimum absolute atomic E-state index is 0.0363. The average Bonchev–Trinajstić information content (AvgIpc) is 3.73. The fourth-order valence-electron chi connectivity index (χ4n) is 5.57. The van der Waals surface area contributed by atoms with Crippen molar-refractivity contribution in [3.05, 3.63) is 46.9 Å².